The Balaban J connectivity index is 1.77. The minimum Gasteiger partial charge on any atom is -0.427 e. The fraction of sp³-hybridized carbons (Fsp3) is 0.500. The molecule has 1 saturated heterocycles. The van der Waals surface area contributed by atoms with Gasteiger partial charge in [-0.3, -0.25) is 14.5 Å². The van der Waals surface area contributed by atoms with E-state index in [9.17, 15) is 9.59 Å². The molecule has 1 saturated carbocycles. The lowest BCUT2D eigenvalue weighted by molar-refractivity contribution is -0.131. The Bertz CT molecular complexity index is 1120. The van der Waals surface area contributed by atoms with E-state index in [1.165, 1.54) is 6.92 Å². The number of hydrogen-bond acceptors (Lipinski definition) is 5. The van der Waals surface area contributed by atoms with Gasteiger partial charge in [0.05, 0.1) is 6.10 Å². The first kappa shape index (κ1) is 28.1. The highest BCUT2D eigenvalue weighted by atomic mass is 16.5. The Morgan fingerprint density at radius 1 is 1.18 bits per heavy atom. The molecule has 2 aromatic rings. The van der Waals surface area contributed by atoms with Crippen LogP contribution in [0.5, 0.6) is 5.75 Å². The van der Waals surface area contributed by atoms with Crippen molar-refractivity contribution in [3.63, 3.8) is 0 Å². The average Bonchev–Trinajstić information content (AvgIpc) is 2.91. The van der Waals surface area contributed by atoms with Crippen LogP contribution in [0.15, 0.2) is 67.3 Å². The van der Waals surface area contributed by atoms with Crippen molar-refractivity contribution in [3.05, 3.63) is 78.4 Å². The molecule has 1 aliphatic carbocycles. The lowest BCUT2D eigenvalue weighted by atomic mass is 9.56. The third kappa shape index (κ3) is 6.02. The maximum Gasteiger partial charge on any atom is 0.308 e. The molecule has 1 heterocycles. The molecule has 0 bridgehead atoms. The van der Waals surface area contributed by atoms with Crippen LogP contribution in [-0.4, -0.2) is 67.1 Å². The number of ether oxygens (including phenoxy) is 2. The number of nitrogens with zero attached hydrogens (tertiary/aromatic N) is 2. The zero-order valence-corrected chi connectivity index (χ0v) is 23.3. The van der Waals surface area contributed by atoms with Crippen molar-refractivity contribution in [2.45, 2.75) is 57.6 Å². The van der Waals surface area contributed by atoms with Crippen LogP contribution < -0.4 is 4.74 Å². The van der Waals surface area contributed by atoms with Crippen molar-refractivity contribution in [3.8, 4) is 5.75 Å². The summed E-state index contributed by atoms with van der Waals surface area (Å²) in [6.45, 7) is 13.1. The second kappa shape index (κ2) is 12.3. The molecule has 0 spiro atoms. The van der Waals surface area contributed by atoms with Gasteiger partial charge in [0.25, 0.3) is 5.91 Å². The normalized spacial score (nSPS) is 25.4. The predicted octanol–water partition coefficient (Wildman–Crippen LogP) is 5.33. The van der Waals surface area contributed by atoms with Gasteiger partial charge in [-0.2, -0.15) is 0 Å². The smallest absolute Gasteiger partial charge is 0.308 e. The number of hydrogen-bond donors (Lipinski definition) is 0. The first-order chi connectivity index (χ1) is 18.3. The quantitative estimate of drug-likeness (QED) is 0.255. The summed E-state index contributed by atoms with van der Waals surface area (Å²) in [4.78, 5) is 30.2. The van der Waals surface area contributed by atoms with Gasteiger partial charge in [0.1, 0.15) is 5.75 Å². The van der Waals surface area contributed by atoms with Crippen LogP contribution in [0.2, 0.25) is 0 Å². The molecule has 1 amide bonds. The van der Waals surface area contributed by atoms with E-state index < -0.39 is 0 Å². The van der Waals surface area contributed by atoms with Crippen LogP contribution in [0, 0.1) is 11.8 Å². The second-order valence-corrected chi connectivity index (χ2v) is 11.3. The molecule has 204 valence electrons. The highest BCUT2D eigenvalue weighted by molar-refractivity contribution is 5.94. The van der Waals surface area contributed by atoms with Crippen LogP contribution in [-0.2, 0) is 14.9 Å². The maximum atomic E-state index is 13.9. The van der Waals surface area contributed by atoms with Crippen LogP contribution in [0.4, 0.5) is 0 Å². The topological polar surface area (TPSA) is 59.1 Å². The lowest BCUT2D eigenvalue weighted by Gasteiger charge is -2.57. The van der Waals surface area contributed by atoms with E-state index in [1.807, 2.05) is 54.6 Å². The Hall–Kier alpha value is -2.96. The lowest BCUT2D eigenvalue weighted by Crippen LogP contribution is -2.62. The molecular formula is C32H42N2O4. The van der Waals surface area contributed by atoms with E-state index >= 15 is 0 Å². The third-order valence-corrected chi connectivity index (χ3v) is 8.24. The standard InChI is InChI=1S/C32H42N2O4/c1-6-16-33-17-15-32(26-13-10-14-28(18-26)38-24(4)35)20-27(19-30(37-5)29(32)22-33)34(21-23(2)3)31(36)25-11-8-7-9-12-25/h6-14,18,23,27,29-30H,1,15-17,19-22H2,2-5H3. The van der Waals surface area contributed by atoms with E-state index in [0.29, 0.717) is 18.2 Å². The number of esters is 1. The van der Waals surface area contributed by atoms with Gasteiger partial charge in [-0.15, -0.1) is 6.58 Å². The fourth-order valence-electron chi connectivity index (χ4n) is 6.65. The van der Waals surface area contributed by atoms with Gasteiger partial charge in [0.2, 0.25) is 0 Å². The van der Waals surface area contributed by atoms with Crippen molar-refractivity contribution in [2.75, 3.05) is 33.3 Å². The molecule has 0 N–H and O–H groups in total. The Kier molecular flexibility index (Phi) is 9.06. The number of benzene rings is 2. The zero-order chi connectivity index (χ0) is 27.3. The van der Waals surface area contributed by atoms with Gasteiger partial charge >= 0.3 is 5.97 Å². The molecule has 0 aromatic heterocycles. The summed E-state index contributed by atoms with van der Waals surface area (Å²) in [5.41, 5.74) is 1.66. The SMILES string of the molecule is C=CCN1CCC2(c3cccc(OC(C)=O)c3)CC(N(CC(C)C)C(=O)c3ccccc3)CC(OC)C2C1. The van der Waals surface area contributed by atoms with Gasteiger partial charge in [-0.25, -0.2) is 0 Å². The number of carbonyl (C=O) groups is 2. The van der Waals surface area contributed by atoms with Crippen molar-refractivity contribution in [2.24, 2.45) is 11.8 Å². The largest absolute Gasteiger partial charge is 0.427 e. The average molecular weight is 519 g/mol. The van der Waals surface area contributed by atoms with Crippen LogP contribution in [0.3, 0.4) is 0 Å². The number of rotatable bonds is 9. The van der Waals surface area contributed by atoms with Crippen molar-refractivity contribution in [1.82, 2.24) is 9.80 Å². The molecule has 2 aliphatic rings. The molecule has 6 nitrogen and oxygen atoms in total. The molecule has 2 fully saturated rings. The van der Waals surface area contributed by atoms with E-state index in [4.69, 9.17) is 9.47 Å². The number of piperidine rings is 1. The van der Waals surface area contributed by atoms with E-state index in [-0.39, 0.29) is 35.4 Å². The molecule has 38 heavy (non-hydrogen) atoms. The van der Waals surface area contributed by atoms with Crippen LogP contribution in [0.25, 0.3) is 0 Å². The molecular weight excluding hydrogens is 476 g/mol. The molecule has 4 atom stereocenters. The number of amides is 1. The second-order valence-electron chi connectivity index (χ2n) is 11.3. The molecule has 0 radical (unpaired) electrons. The first-order valence-corrected chi connectivity index (χ1v) is 13.8. The summed E-state index contributed by atoms with van der Waals surface area (Å²) in [5.74, 6) is 0.874. The van der Waals surface area contributed by atoms with Gasteiger partial charge < -0.3 is 14.4 Å². The Morgan fingerprint density at radius 3 is 2.61 bits per heavy atom. The molecule has 4 rings (SSSR count). The predicted molar refractivity (Wildman–Crippen MR) is 150 cm³/mol. The van der Waals surface area contributed by atoms with Crippen molar-refractivity contribution >= 4 is 11.9 Å². The number of carbonyl (C=O) groups excluding carboxylic acids is 2. The van der Waals surface area contributed by atoms with Gasteiger partial charge in [0.15, 0.2) is 0 Å². The van der Waals surface area contributed by atoms with E-state index in [2.05, 4.69) is 36.3 Å². The first-order valence-electron chi connectivity index (χ1n) is 13.8. The Morgan fingerprint density at radius 2 is 1.95 bits per heavy atom. The van der Waals surface area contributed by atoms with Gasteiger partial charge in [-0.1, -0.05) is 50.3 Å². The number of fused-ring (bicyclic) bond motifs is 1. The molecule has 6 heteroatoms. The van der Waals surface area contributed by atoms with Crippen LogP contribution in [0.1, 0.15) is 56.0 Å². The fourth-order valence-corrected chi connectivity index (χ4v) is 6.65. The maximum absolute atomic E-state index is 13.9. The monoisotopic (exact) mass is 518 g/mol. The minimum absolute atomic E-state index is 0.0167. The van der Waals surface area contributed by atoms with Gasteiger partial charge in [0, 0.05) is 56.6 Å². The zero-order valence-electron chi connectivity index (χ0n) is 23.3. The summed E-state index contributed by atoms with van der Waals surface area (Å²) in [6, 6.07) is 17.6. The Labute approximate surface area is 227 Å². The summed E-state index contributed by atoms with van der Waals surface area (Å²) in [5, 5.41) is 0. The van der Waals surface area contributed by atoms with Crippen LogP contribution >= 0.6 is 0 Å². The van der Waals surface area contributed by atoms with E-state index in [1.54, 1.807) is 7.11 Å². The molecule has 4 unspecified atom stereocenters. The van der Waals surface area contributed by atoms with Crippen molar-refractivity contribution in [1.29, 1.82) is 0 Å². The third-order valence-electron chi connectivity index (χ3n) is 8.24. The number of methoxy groups -OCH3 is 1. The molecule has 1 aliphatic heterocycles. The molecule has 2 aromatic carbocycles. The summed E-state index contributed by atoms with van der Waals surface area (Å²) < 4.78 is 11.7. The number of likely N-dealkylation sites (tertiary alicyclic amines) is 1. The summed E-state index contributed by atoms with van der Waals surface area (Å²) in [7, 11) is 1.80. The minimum atomic E-state index is -0.329. The van der Waals surface area contributed by atoms with Crippen molar-refractivity contribution < 1.29 is 19.1 Å². The highest BCUT2D eigenvalue weighted by Gasteiger charge is 2.54. The van der Waals surface area contributed by atoms with E-state index in [0.717, 1.165) is 50.0 Å². The summed E-state index contributed by atoms with van der Waals surface area (Å²) in [6.07, 6.45) is 4.51. The van der Waals surface area contributed by atoms with Gasteiger partial charge in [-0.05, 0) is 61.6 Å². The highest BCUT2D eigenvalue weighted by Crippen LogP contribution is 2.51. The summed E-state index contributed by atoms with van der Waals surface area (Å²) >= 11 is 0.